The van der Waals surface area contributed by atoms with Crippen LogP contribution in [0.1, 0.15) is 5.56 Å². The predicted molar refractivity (Wildman–Crippen MR) is 65.2 cm³/mol. The van der Waals surface area contributed by atoms with Crippen molar-refractivity contribution in [2.24, 2.45) is 0 Å². The molecule has 0 aromatic heterocycles. The largest absolute Gasteiger partial charge is 0.497 e. The summed E-state index contributed by atoms with van der Waals surface area (Å²) >= 11 is 0. The minimum Gasteiger partial charge on any atom is -0.224 e. The van der Waals surface area contributed by atoms with Crippen molar-refractivity contribution >= 4 is 19.7 Å². The number of sulfone groups is 2. The van der Waals surface area contributed by atoms with E-state index in [9.17, 15) is 30.0 Å². The molecule has 0 fully saturated rings. The number of rotatable bonds is 1. The quantitative estimate of drug-likeness (QED) is 0.793. The van der Waals surface area contributed by atoms with Crippen LogP contribution in [0.15, 0.2) is 29.2 Å². The lowest BCUT2D eigenvalue weighted by Crippen LogP contribution is -2.20. The fraction of sp³-hybridized carbons (Fsp3) is 0.400. The second-order valence-electron chi connectivity index (χ2n) is 3.80. The molecule has 1 aromatic rings. The number of alkyl halides is 3. The molecule has 0 bridgehead atoms. The number of aryl methyl sites for hydroxylation is 1. The van der Waals surface area contributed by atoms with Crippen LogP contribution in [0, 0.1) is 6.92 Å². The van der Waals surface area contributed by atoms with Gasteiger partial charge in [0, 0.05) is 12.5 Å². The van der Waals surface area contributed by atoms with Crippen molar-refractivity contribution in [1.29, 1.82) is 0 Å². The Kier molecular flexibility index (Phi) is 5.57. The second kappa shape index (κ2) is 5.91. The molecule has 0 saturated heterocycles. The highest BCUT2D eigenvalue weighted by Crippen LogP contribution is 2.20. The summed E-state index contributed by atoms with van der Waals surface area (Å²) in [7, 11) is -7.86. The molecule has 19 heavy (non-hydrogen) atoms. The number of benzene rings is 1. The van der Waals surface area contributed by atoms with E-state index in [1.165, 1.54) is 6.26 Å². The van der Waals surface area contributed by atoms with Crippen LogP contribution in [0.25, 0.3) is 0 Å². The lowest BCUT2D eigenvalue weighted by Gasteiger charge is -1.99. The molecule has 4 nitrogen and oxygen atoms in total. The average Bonchev–Trinajstić information content (AvgIpc) is 2.14. The van der Waals surface area contributed by atoms with Crippen molar-refractivity contribution in [2.45, 2.75) is 17.3 Å². The molecule has 0 unspecified atom stereocenters. The van der Waals surface area contributed by atoms with Gasteiger partial charge in [-0.05, 0) is 19.1 Å². The van der Waals surface area contributed by atoms with E-state index >= 15 is 0 Å². The first-order valence-electron chi connectivity index (χ1n) is 4.78. The van der Waals surface area contributed by atoms with Crippen LogP contribution in [0.5, 0.6) is 0 Å². The average molecular weight is 318 g/mol. The first-order valence-corrected chi connectivity index (χ1v) is 8.56. The van der Waals surface area contributed by atoms with Gasteiger partial charge in [-0.15, -0.1) is 0 Å². The molecule has 0 aliphatic carbocycles. The molecule has 110 valence electrons. The molecule has 1 rings (SSSR count). The molecule has 0 aliphatic rings. The topological polar surface area (TPSA) is 68.3 Å². The summed E-state index contributed by atoms with van der Waals surface area (Å²) in [5.74, 6) is 0. The highest BCUT2D eigenvalue weighted by atomic mass is 32.2. The first-order chi connectivity index (χ1) is 8.25. The zero-order valence-electron chi connectivity index (χ0n) is 10.4. The maximum atomic E-state index is 11.0. The van der Waals surface area contributed by atoms with Crippen LogP contribution in [-0.4, -0.2) is 34.9 Å². The first kappa shape index (κ1) is 17.9. The monoisotopic (exact) mass is 318 g/mol. The summed E-state index contributed by atoms with van der Waals surface area (Å²) in [5, 5.41) is 0. The van der Waals surface area contributed by atoms with Crippen LogP contribution in [0.4, 0.5) is 13.2 Å². The molecule has 0 radical (unpaired) electrons. The molecular weight excluding hydrogens is 305 g/mol. The van der Waals surface area contributed by atoms with Crippen molar-refractivity contribution < 1.29 is 30.0 Å². The summed E-state index contributed by atoms with van der Waals surface area (Å²) in [6.07, 6.45) is 1.32. The normalized spacial score (nSPS) is 12.5. The highest BCUT2D eigenvalue weighted by Gasteiger charge is 2.41. The summed E-state index contributed by atoms with van der Waals surface area (Å²) in [4.78, 5) is 0.378. The Morgan fingerprint density at radius 2 is 1.21 bits per heavy atom. The molecule has 0 atom stereocenters. The van der Waals surface area contributed by atoms with Crippen LogP contribution in [-0.2, 0) is 19.7 Å². The van der Waals surface area contributed by atoms with Crippen molar-refractivity contribution in [3.63, 3.8) is 0 Å². The standard InChI is InChI=1S/C8H10O2S.C2H3F3O2S/c1-7-3-5-8(6-4-7)11(2,9)10;1-8(6,7)2(3,4)5/h3-6H,1-2H3;1H3. The molecule has 0 heterocycles. The van der Waals surface area contributed by atoms with Crippen molar-refractivity contribution in [1.82, 2.24) is 0 Å². The van der Waals surface area contributed by atoms with Crippen LogP contribution < -0.4 is 0 Å². The fourth-order valence-corrected chi connectivity index (χ4v) is 1.42. The summed E-state index contributed by atoms with van der Waals surface area (Å²) in [6.45, 7) is 1.92. The molecular formula is C10H13F3O4S2. The summed E-state index contributed by atoms with van der Waals surface area (Å²) in [6, 6.07) is 6.81. The van der Waals surface area contributed by atoms with Gasteiger partial charge in [0.2, 0.25) is 9.84 Å². The van der Waals surface area contributed by atoms with Crippen molar-refractivity contribution in [3.05, 3.63) is 29.8 Å². The number of hydrogen-bond donors (Lipinski definition) is 0. The van der Waals surface area contributed by atoms with Gasteiger partial charge in [-0.1, -0.05) is 17.7 Å². The molecule has 0 N–H and O–H groups in total. The highest BCUT2D eigenvalue weighted by molar-refractivity contribution is 7.91. The van der Waals surface area contributed by atoms with E-state index in [-0.39, 0.29) is 6.26 Å². The third-order valence-electron chi connectivity index (χ3n) is 1.87. The Morgan fingerprint density at radius 1 is 0.895 bits per heavy atom. The third kappa shape index (κ3) is 6.58. The Balaban J connectivity index is 0.000000362. The maximum absolute atomic E-state index is 11.0. The summed E-state index contributed by atoms with van der Waals surface area (Å²) in [5.41, 5.74) is -4.02. The van der Waals surface area contributed by atoms with Crippen LogP contribution in [0.2, 0.25) is 0 Å². The van der Waals surface area contributed by atoms with Gasteiger partial charge in [0.25, 0.3) is 0 Å². The Morgan fingerprint density at radius 3 is 1.42 bits per heavy atom. The van der Waals surface area contributed by atoms with Gasteiger partial charge in [-0.2, -0.15) is 13.2 Å². The van der Waals surface area contributed by atoms with E-state index in [1.807, 2.05) is 6.92 Å². The molecule has 1 aromatic carbocycles. The lowest BCUT2D eigenvalue weighted by molar-refractivity contribution is -0.0429. The molecule has 0 amide bonds. The Hall–Kier alpha value is -1.09. The van der Waals surface area contributed by atoms with E-state index in [4.69, 9.17) is 0 Å². The van der Waals surface area contributed by atoms with E-state index in [1.54, 1.807) is 24.3 Å². The van der Waals surface area contributed by atoms with E-state index in [0.29, 0.717) is 4.90 Å². The van der Waals surface area contributed by atoms with Gasteiger partial charge in [0.05, 0.1) is 4.90 Å². The Bertz CT molecular complexity index is 614. The predicted octanol–water partition coefficient (Wildman–Crippen LogP) is 1.95. The smallest absolute Gasteiger partial charge is 0.224 e. The van der Waals surface area contributed by atoms with Crippen LogP contribution >= 0.6 is 0 Å². The minimum atomic E-state index is -5.09. The van der Waals surface area contributed by atoms with Gasteiger partial charge in [0.1, 0.15) is 0 Å². The van der Waals surface area contributed by atoms with Crippen molar-refractivity contribution in [2.75, 3.05) is 12.5 Å². The zero-order valence-corrected chi connectivity index (χ0v) is 12.0. The van der Waals surface area contributed by atoms with E-state index < -0.39 is 25.2 Å². The molecule has 0 spiro atoms. The van der Waals surface area contributed by atoms with E-state index in [2.05, 4.69) is 0 Å². The Labute approximate surface area is 110 Å². The lowest BCUT2D eigenvalue weighted by atomic mass is 10.2. The van der Waals surface area contributed by atoms with Crippen LogP contribution in [0.3, 0.4) is 0 Å². The number of halogens is 3. The van der Waals surface area contributed by atoms with Gasteiger partial charge < -0.3 is 0 Å². The fourth-order valence-electron chi connectivity index (χ4n) is 0.785. The van der Waals surface area contributed by atoms with Gasteiger partial charge in [-0.25, -0.2) is 16.8 Å². The van der Waals surface area contributed by atoms with Crippen molar-refractivity contribution in [3.8, 4) is 0 Å². The SMILES string of the molecule is CS(=O)(=O)C(F)(F)F.Cc1ccc(S(C)(=O)=O)cc1. The molecule has 9 heteroatoms. The minimum absolute atomic E-state index is 0.118. The summed E-state index contributed by atoms with van der Waals surface area (Å²) < 4.78 is 73.9. The number of hydrogen-bond acceptors (Lipinski definition) is 4. The van der Waals surface area contributed by atoms with Gasteiger partial charge in [0.15, 0.2) is 9.84 Å². The third-order valence-corrected chi connectivity index (χ3v) is 3.84. The second-order valence-corrected chi connectivity index (χ2v) is 7.83. The van der Waals surface area contributed by atoms with E-state index in [0.717, 1.165) is 5.56 Å². The molecule has 0 aliphatic heterocycles. The maximum Gasteiger partial charge on any atom is 0.497 e. The van der Waals surface area contributed by atoms with Gasteiger partial charge >= 0.3 is 5.51 Å². The molecule has 0 saturated carbocycles. The zero-order chi connectivity index (χ0) is 15.5. The van der Waals surface area contributed by atoms with Gasteiger partial charge in [-0.3, -0.25) is 0 Å².